The van der Waals surface area contributed by atoms with E-state index >= 15 is 0 Å². The van der Waals surface area contributed by atoms with Crippen molar-refractivity contribution in [3.63, 3.8) is 0 Å². The molecule has 172 valence electrons. The maximum absolute atomic E-state index is 13.4. The second kappa shape index (κ2) is 11.2. The van der Waals surface area contributed by atoms with Gasteiger partial charge >= 0.3 is 5.97 Å². The predicted octanol–water partition coefficient (Wildman–Crippen LogP) is 4.59. The van der Waals surface area contributed by atoms with E-state index in [2.05, 4.69) is 0 Å². The summed E-state index contributed by atoms with van der Waals surface area (Å²) in [5.74, 6) is -0.141. The molecule has 3 aromatic rings. The molecule has 0 amide bonds. The Morgan fingerprint density at radius 1 is 0.909 bits per heavy atom. The Morgan fingerprint density at radius 3 is 1.97 bits per heavy atom. The number of carboxylic acids is 1. The van der Waals surface area contributed by atoms with Crippen molar-refractivity contribution in [2.45, 2.75) is 12.5 Å². The van der Waals surface area contributed by atoms with Crippen molar-refractivity contribution in [2.75, 3.05) is 27.2 Å². The summed E-state index contributed by atoms with van der Waals surface area (Å²) >= 11 is 0. The molecule has 0 spiro atoms. The Labute approximate surface area is 192 Å². The molecule has 0 radical (unpaired) electrons. The monoisotopic (exact) mass is 451 g/mol. The van der Waals surface area contributed by atoms with Crippen LogP contribution >= 0.6 is 0 Å². The van der Waals surface area contributed by atoms with Gasteiger partial charge in [-0.3, -0.25) is 14.5 Å². The average Bonchev–Trinajstić information content (AvgIpc) is 2.82. The number of carboxylic acid groups (broad SMARTS) is 1. The number of hydrogen-bond acceptors (Lipinski definition) is 5. The summed E-state index contributed by atoms with van der Waals surface area (Å²) in [5.41, 5.74) is 1.85. The number of methoxy groups -OCH3 is 1. The third kappa shape index (κ3) is 6.89. The summed E-state index contributed by atoms with van der Waals surface area (Å²) in [6.07, 6.45) is 0.0899. The molecular weight excluding hydrogens is 425 g/mol. The van der Waals surface area contributed by atoms with E-state index in [0.717, 1.165) is 5.56 Å². The minimum absolute atomic E-state index is 0.0850. The lowest BCUT2D eigenvalue weighted by Crippen LogP contribution is -2.28. The minimum atomic E-state index is -0.908. The molecule has 6 nitrogen and oxygen atoms in total. The smallest absolute Gasteiger partial charge is 0.317 e. The number of benzene rings is 3. The molecule has 0 heterocycles. The molecule has 1 atom stereocenters. The van der Waals surface area contributed by atoms with Crippen molar-refractivity contribution < 1.29 is 28.6 Å². The van der Waals surface area contributed by atoms with Gasteiger partial charge in [0.05, 0.1) is 13.7 Å². The first-order chi connectivity index (χ1) is 15.9. The molecule has 0 aliphatic rings. The summed E-state index contributed by atoms with van der Waals surface area (Å²) < 4.78 is 24.6. The van der Waals surface area contributed by atoms with Gasteiger partial charge in [0, 0.05) is 24.1 Å². The van der Waals surface area contributed by atoms with Crippen LogP contribution in [0.15, 0.2) is 72.8 Å². The molecule has 3 rings (SSSR count). The Kier molecular flexibility index (Phi) is 8.16. The van der Waals surface area contributed by atoms with Gasteiger partial charge in [0.2, 0.25) is 0 Å². The van der Waals surface area contributed by atoms with Gasteiger partial charge in [-0.25, -0.2) is 4.39 Å². The molecule has 1 unspecified atom stereocenters. The second-order valence-corrected chi connectivity index (χ2v) is 7.66. The number of carbonyl (C=O) groups is 2. The molecule has 0 aliphatic carbocycles. The molecule has 0 saturated carbocycles. The van der Waals surface area contributed by atoms with E-state index in [1.165, 1.54) is 12.1 Å². The fraction of sp³-hybridized carbons (Fsp3) is 0.231. The molecule has 7 heteroatoms. The van der Waals surface area contributed by atoms with E-state index in [-0.39, 0.29) is 18.1 Å². The predicted molar refractivity (Wildman–Crippen MR) is 122 cm³/mol. The SMILES string of the molecule is COc1ccc(C(=O)c2ccc(OC(CCN(C)CC(=O)O)c3ccc(F)cc3)cc2)cc1. The van der Waals surface area contributed by atoms with Gasteiger partial charge in [0.15, 0.2) is 5.78 Å². The zero-order chi connectivity index (χ0) is 23.8. The molecule has 0 aromatic heterocycles. The molecule has 1 N–H and O–H groups in total. The molecule has 0 bridgehead atoms. The van der Waals surface area contributed by atoms with E-state index in [9.17, 15) is 14.0 Å². The van der Waals surface area contributed by atoms with Crippen molar-refractivity contribution >= 4 is 11.8 Å². The maximum Gasteiger partial charge on any atom is 0.317 e. The fourth-order valence-corrected chi connectivity index (χ4v) is 3.38. The lowest BCUT2D eigenvalue weighted by molar-refractivity contribution is -0.138. The van der Waals surface area contributed by atoms with Gasteiger partial charge in [-0.2, -0.15) is 0 Å². The Balaban J connectivity index is 1.72. The van der Waals surface area contributed by atoms with Crippen molar-refractivity contribution in [1.29, 1.82) is 0 Å². The Bertz CT molecular complexity index is 1070. The first kappa shape index (κ1) is 23.9. The molecule has 0 saturated heterocycles. The zero-order valence-corrected chi connectivity index (χ0v) is 18.5. The normalized spacial score (nSPS) is 11.8. The van der Waals surface area contributed by atoms with Crippen LogP contribution in [0.3, 0.4) is 0 Å². The van der Waals surface area contributed by atoms with Crippen molar-refractivity contribution in [1.82, 2.24) is 4.90 Å². The van der Waals surface area contributed by atoms with E-state index in [1.54, 1.807) is 79.7 Å². The van der Waals surface area contributed by atoms with Gasteiger partial charge < -0.3 is 14.6 Å². The van der Waals surface area contributed by atoms with Crippen LogP contribution in [-0.2, 0) is 4.79 Å². The molecule has 3 aromatic carbocycles. The Hall–Kier alpha value is -3.71. The highest BCUT2D eigenvalue weighted by molar-refractivity contribution is 6.09. The highest BCUT2D eigenvalue weighted by Gasteiger charge is 2.17. The van der Waals surface area contributed by atoms with E-state index in [4.69, 9.17) is 14.6 Å². The summed E-state index contributed by atoms with van der Waals surface area (Å²) in [6, 6.07) is 19.7. The topological polar surface area (TPSA) is 76.1 Å². The zero-order valence-electron chi connectivity index (χ0n) is 18.5. The summed E-state index contributed by atoms with van der Waals surface area (Å²) in [6.45, 7) is 0.390. The van der Waals surface area contributed by atoms with Crippen LogP contribution in [-0.4, -0.2) is 49.0 Å². The minimum Gasteiger partial charge on any atom is -0.497 e. The van der Waals surface area contributed by atoms with Gasteiger partial charge in [-0.15, -0.1) is 0 Å². The van der Waals surface area contributed by atoms with Crippen LogP contribution in [0.1, 0.15) is 34.0 Å². The average molecular weight is 451 g/mol. The lowest BCUT2D eigenvalue weighted by Gasteiger charge is -2.22. The largest absolute Gasteiger partial charge is 0.497 e. The molecule has 33 heavy (non-hydrogen) atoms. The number of halogens is 1. The number of carbonyl (C=O) groups excluding carboxylic acids is 1. The third-order valence-corrected chi connectivity index (χ3v) is 5.17. The van der Waals surface area contributed by atoms with Crippen LogP contribution < -0.4 is 9.47 Å². The quantitative estimate of drug-likeness (QED) is 0.430. The number of rotatable bonds is 11. The van der Waals surface area contributed by atoms with Gasteiger partial charge in [0.25, 0.3) is 0 Å². The third-order valence-electron chi connectivity index (χ3n) is 5.17. The van der Waals surface area contributed by atoms with Crippen LogP contribution in [0.2, 0.25) is 0 Å². The lowest BCUT2D eigenvalue weighted by atomic mass is 10.0. The van der Waals surface area contributed by atoms with E-state index < -0.39 is 12.1 Å². The summed E-state index contributed by atoms with van der Waals surface area (Å²) in [7, 11) is 3.29. The van der Waals surface area contributed by atoms with E-state index in [0.29, 0.717) is 35.6 Å². The number of ether oxygens (including phenoxy) is 2. The Morgan fingerprint density at radius 2 is 1.45 bits per heavy atom. The van der Waals surface area contributed by atoms with Crippen LogP contribution in [0.25, 0.3) is 0 Å². The summed E-state index contributed by atoms with van der Waals surface area (Å²) in [4.78, 5) is 25.3. The summed E-state index contributed by atoms with van der Waals surface area (Å²) in [5, 5.41) is 8.96. The number of hydrogen-bond donors (Lipinski definition) is 1. The number of nitrogens with zero attached hydrogens (tertiary/aromatic N) is 1. The standard InChI is InChI=1S/C26H26FNO5/c1-28(17-25(29)30)16-15-24(18-3-9-21(27)10-4-18)33-23-13-7-20(8-14-23)26(31)19-5-11-22(32-2)12-6-19/h3-14,24H,15-17H2,1-2H3,(H,29,30). The highest BCUT2D eigenvalue weighted by Crippen LogP contribution is 2.26. The van der Waals surface area contributed by atoms with Gasteiger partial charge in [0.1, 0.15) is 23.4 Å². The fourth-order valence-electron chi connectivity index (χ4n) is 3.38. The first-order valence-corrected chi connectivity index (χ1v) is 10.5. The first-order valence-electron chi connectivity index (χ1n) is 10.5. The van der Waals surface area contributed by atoms with E-state index in [1.807, 2.05) is 0 Å². The number of aliphatic carboxylic acids is 1. The number of ketones is 1. The van der Waals surface area contributed by atoms with Gasteiger partial charge in [-0.05, 0) is 73.3 Å². The van der Waals surface area contributed by atoms with Crippen LogP contribution in [0.4, 0.5) is 4.39 Å². The highest BCUT2D eigenvalue weighted by atomic mass is 19.1. The molecule has 0 aliphatic heterocycles. The molecular formula is C26H26FNO5. The van der Waals surface area contributed by atoms with Crippen molar-refractivity contribution in [2.24, 2.45) is 0 Å². The second-order valence-electron chi connectivity index (χ2n) is 7.66. The number of likely N-dealkylation sites (N-methyl/N-ethyl adjacent to an activating group) is 1. The maximum atomic E-state index is 13.4. The van der Waals surface area contributed by atoms with Crippen molar-refractivity contribution in [3.05, 3.63) is 95.3 Å². The van der Waals surface area contributed by atoms with Crippen LogP contribution in [0, 0.1) is 5.82 Å². The van der Waals surface area contributed by atoms with Crippen molar-refractivity contribution in [3.8, 4) is 11.5 Å². The molecule has 0 fully saturated rings. The van der Waals surface area contributed by atoms with Crippen LogP contribution in [0.5, 0.6) is 11.5 Å². The van der Waals surface area contributed by atoms with Gasteiger partial charge in [-0.1, -0.05) is 12.1 Å².